The third-order valence-corrected chi connectivity index (χ3v) is 3.99. The second kappa shape index (κ2) is 4.18. The summed E-state index contributed by atoms with van der Waals surface area (Å²) in [4.78, 5) is 0. The van der Waals surface area contributed by atoms with Crippen molar-refractivity contribution in [2.75, 3.05) is 0 Å². The number of rotatable bonds is 2. The fraction of sp³-hybridized carbons (Fsp3) is 1.00. The first-order chi connectivity index (χ1) is 7.06. The van der Waals surface area contributed by atoms with E-state index in [1.807, 2.05) is 0 Å². The lowest BCUT2D eigenvalue weighted by Crippen LogP contribution is -2.40. The minimum absolute atomic E-state index is 0.350. The Labute approximate surface area is 93.1 Å². The maximum absolute atomic E-state index is 12.1. The van der Waals surface area contributed by atoms with Gasteiger partial charge in [-0.25, -0.2) is 0 Å². The van der Waals surface area contributed by atoms with Crippen molar-refractivity contribution in [3.8, 4) is 0 Å². The average Bonchev–Trinajstić information content (AvgIpc) is 2.06. The Hall–Kier alpha value is -0.300. The van der Waals surface area contributed by atoms with E-state index in [4.69, 9.17) is 0 Å². The summed E-state index contributed by atoms with van der Waals surface area (Å²) in [6.07, 6.45) is 1.72. The smallest absolute Gasteiger partial charge is 0.259 e. The van der Waals surface area contributed by atoms with Gasteiger partial charge < -0.3 is 0 Å². The summed E-state index contributed by atoms with van der Waals surface area (Å²) < 4.78 is 62.4. The number of hydrogen-bond donors (Lipinski definition) is 0. The van der Waals surface area contributed by atoms with Crippen molar-refractivity contribution >= 4 is 10.1 Å². The van der Waals surface area contributed by atoms with Crippen LogP contribution in [0.1, 0.15) is 39.5 Å². The van der Waals surface area contributed by atoms with Gasteiger partial charge in [0.05, 0.1) is 6.10 Å². The van der Waals surface area contributed by atoms with Gasteiger partial charge in [-0.05, 0) is 18.3 Å². The second-order valence-corrected chi connectivity index (χ2v) is 6.28. The zero-order valence-electron chi connectivity index (χ0n) is 9.17. The molecule has 0 aliphatic heterocycles. The number of alkyl halides is 3. The topological polar surface area (TPSA) is 43.4 Å². The van der Waals surface area contributed by atoms with E-state index in [0.29, 0.717) is 19.3 Å². The van der Waals surface area contributed by atoms with Crippen molar-refractivity contribution in [2.45, 2.75) is 51.1 Å². The van der Waals surface area contributed by atoms with Crippen LogP contribution in [-0.4, -0.2) is 20.0 Å². The molecule has 0 heterocycles. The van der Waals surface area contributed by atoms with Gasteiger partial charge in [0.2, 0.25) is 0 Å². The molecule has 0 aromatic rings. The fourth-order valence-corrected chi connectivity index (χ4v) is 2.62. The van der Waals surface area contributed by atoms with E-state index >= 15 is 0 Å². The molecule has 0 bridgehead atoms. The predicted octanol–water partition coefficient (Wildman–Crippen LogP) is 2.82. The first-order valence-corrected chi connectivity index (χ1v) is 6.47. The normalized spacial score (nSPS) is 26.7. The average molecular weight is 260 g/mol. The molecule has 1 aliphatic carbocycles. The first kappa shape index (κ1) is 13.8. The highest BCUT2D eigenvalue weighted by atomic mass is 32.2. The maximum atomic E-state index is 12.1. The van der Waals surface area contributed by atoms with Crippen LogP contribution in [0, 0.1) is 5.41 Å². The van der Waals surface area contributed by atoms with Crippen LogP contribution in [0.15, 0.2) is 0 Å². The van der Waals surface area contributed by atoms with Crippen LogP contribution in [-0.2, 0) is 14.3 Å². The molecule has 7 heteroatoms. The first-order valence-electron chi connectivity index (χ1n) is 5.06. The quantitative estimate of drug-likeness (QED) is 0.566. The van der Waals surface area contributed by atoms with Crippen molar-refractivity contribution in [3.05, 3.63) is 0 Å². The lowest BCUT2D eigenvalue weighted by atomic mass is 9.75. The van der Waals surface area contributed by atoms with Gasteiger partial charge in [-0.15, -0.1) is 0 Å². The van der Waals surface area contributed by atoms with E-state index in [-0.39, 0.29) is 0 Å². The number of halogens is 3. The third-order valence-electron chi connectivity index (χ3n) is 2.94. The van der Waals surface area contributed by atoms with Crippen molar-refractivity contribution in [2.24, 2.45) is 5.41 Å². The maximum Gasteiger partial charge on any atom is 0.523 e. The predicted molar refractivity (Wildman–Crippen MR) is 52.1 cm³/mol. The molecule has 0 amide bonds. The molecule has 0 N–H and O–H groups in total. The summed E-state index contributed by atoms with van der Waals surface area (Å²) in [6, 6.07) is 0. The van der Waals surface area contributed by atoms with Gasteiger partial charge in [-0.2, -0.15) is 21.6 Å². The van der Waals surface area contributed by atoms with Crippen LogP contribution >= 0.6 is 0 Å². The summed E-state index contributed by atoms with van der Waals surface area (Å²) in [6.45, 7) is 3.45. The lowest BCUT2D eigenvalue weighted by Gasteiger charge is -2.37. The van der Waals surface area contributed by atoms with Gasteiger partial charge in [0.1, 0.15) is 0 Å². The summed E-state index contributed by atoms with van der Waals surface area (Å²) in [5, 5.41) is 0. The van der Waals surface area contributed by atoms with Crippen LogP contribution < -0.4 is 0 Å². The number of hydrogen-bond acceptors (Lipinski definition) is 3. The Balaban J connectivity index is 2.81. The van der Waals surface area contributed by atoms with E-state index in [2.05, 4.69) is 4.18 Å². The van der Waals surface area contributed by atoms with E-state index in [1.54, 1.807) is 13.8 Å². The standard InChI is InChI=1S/C9H15F3O3S/c1-8(2)6-4-3-5-7(8)15-16(13,14)9(10,11)12/h7H,3-6H2,1-2H3. The Morgan fingerprint density at radius 1 is 1.25 bits per heavy atom. The van der Waals surface area contributed by atoms with E-state index < -0.39 is 27.1 Å². The highest BCUT2D eigenvalue weighted by Crippen LogP contribution is 2.40. The second-order valence-electron chi connectivity index (χ2n) is 4.72. The van der Waals surface area contributed by atoms with Gasteiger partial charge in [0.25, 0.3) is 0 Å². The molecule has 0 radical (unpaired) electrons. The summed E-state index contributed by atoms with van der Waals surface area (Å²) in [5.74, 6) is 0. The molecule has 1 fully saturated rings. The lowest BCUT2D eigenvalue weighted by molar-refractivity contribution is -0.0658. The molecule has 0 saturated heterocycles. The zero-order chi connectivity index (χ0) is 12.6. The molecule has 96 valence electrons. The van der Waals surface area contributed by atoms with Crippen LogP contribution in [0.25, 0.3) is 0 Å². The molecule has 1 unspecified atom stereocenters. The Bertz CT molecular complexity index is 346. The highest BCUT2D eigenvalue weighted by molar-refractivity contribution is 7.87. The fourth-order valence-electron chi connectivity index (χ4n) is 1.85. The Kier molecular flexibility index (Phi) is 3.59. The Morgan fingerprint density at radius 2 is 1.81 bits per heavy atom. The highest BCUT2D eigenvalue weighted by Gasteiger charge is 2.50. The SMILES string of the molecule is CC1(C)CCCCC1OS(=O)(=O)C(F)(F)F. The zero-order valence-corrected chi connectivity index (χ0v) is 9.99. The molecular formula is C9H15F3O3S. The van der Waals surface area contributed by atoms with Crippen molar-refractivity contribution in [1.82, 2.24) is 0 Å². The molecule has 16 heavy (non-hydrogen) atoms. The van der Waals surface area contributed by atoms with Gasteiger partial charge in [-0.1, -0.05) is 26.7 Å². The molecule has 0 aromatic carbocycles. The van der Waals surface area contributed by atoms with E-state index in [9.17, 15) is 21.6 Å². The molecular weight excluding hydrogens is 245 g/mol. The van der Waals surface area contributed by atoms with Crippen LogP contribution in [0.5, 0.6) is 0 Å². The van der Waals surface area contributed by atoms with Crippen molar-refractivity contribution in [1.29, 1.82) is 0 Å². The van der Waals surface area contributed by atoms with Crippen LogP contribution in [0.4, 0.5) is 13.2 Å². The van der Waals surface area contributed by atoms with Crippen LogP contribution in [0.3, 0.4) is 0 Å². The van der Waals surface area contributed by atoms with Gasteiger partial charge >= 0.3 is 15.6 Å². The minimum atomic E-state index is -5.47. The van der Waals surface area contributed by atoms with Gasteiger partial charge in [-0.3, -0.25) is 4.18 Å². The molecule has 1 saturated carbocycles. The summed E-state index contributed by atoms with van der Waals surface area (Å²) in [5.41, 5.74) is -5.86. The Morgan fingerprint density at radius 3 is 2.25 bits per heavy atom. The minimum Gasteiger partial charge on any atom is -0.259 e. The van der Waals surface area contributed by atoms with Gasteiger partial charge in [0.15, 0.2) is 0 Å². The van der Waals surface area contributed by atoms with Crippen molar-refractivity contribution < 1.29 is 25.8 Å². The molecule has 1 rings (SSSR count). The molecule has 0 aromatic heterocycles. The third kappa shape index (κ3) is 2.88. The summed E-state index contributed by atoms with van der Waals surface area (Å²) >= 11 is 0. The van der Waals surface area contributed by atoms with Crippen molar-refractivity contribution in [3.63, 3.8) is 0 Å². The molecule has 0 spiro atoms. The van der Waals surface area contributed by atoms with E-state index in [1.165, 1.54) is 0 Å². The monoisotopic (exact) mass is 260 g/mol. The van der Waals surface area contributed by atoms with E-state index in [0.717, 1.165) is 6.42 Å². The largest absolute Gasteiger partial charge is 0.523 e. The molecule has 3 nitrogen and oxygen atoms in total. The van der Waals surface area contributed by atoms with Crippen LogP contribution in [0.2, 0.25) is 0 Å². The molecule has 1 atom stereocenters. The molecule has 1 aliphatic rings. The van der Waals surface area contributed by atoms with Gasteiger partial charge in [0, 0.05) is 0 Å². The summed E-state index contributed by atoms with van der Waals surface area (Å²) in [7, 11) is -5.47.